The zero-order chi connectivity index (χ0) is 11.4. The topological polar surface area (TPSA) is 110 Å². The Bertz CT molecular complexity index is 476. The highest BCUT2D eigenvalue weighted by Crippen LogP contribution is 2.27. The van der Waals surface area contributed by atoms with Crippen LogP contribution in [0, 0.1) is 10.1 Å². The van der Waals surface area contributed by atoms with Crippen LogP contribution in [-0.2, 0) is 4.79 Å². The Morgan fingerprint density at radius 2 is 2.20 bits per heavy atom. The minimum Gasteiger partial charge on any atom is -0.478 e. The van der Waals surface area contributed by atoms with E-state index in [1.807, 2.05) is 0 Å². The minimum atomic E-state index is -1.29. The summed E-state index contributed by atoms with van der Waals surface area (Å²) < 4.78 is 0. The average Bonchev–Trinajstić information content (AvgIpc) is 2.18. The third-order valence-electron chi connectivity index (χ3n) is 1.59. The van der Waals surface area contributed by atoms with E-state index in [-0.39, 0.29) is 11.3 Å². The standard InChI is InChI=1S/C8H4N2O5/c11-4-9-6-2-1-5(8(12)13)3-7(6)10(14)15/h1-3H,(H,12,13). The summed E-state index contributed by atoms with van der Waals surface area (Å²) in [6.07, 6.45) is 1.15. The van der Waals surface area contributed by atoms with Crippen LogP contribution in [0.15, 0.2) is 23.2 Å². The Kier molecular flexibility index (Phi) is 2.90. The van der Waals surface area contributed by atoms with Crippen molar-refractivity contribution in [1.29, 1.82) is 0 Å². The number of nitro groups is 1. The van der Waals surface area contributed by atoms with Gasteiger partial charge in [-0.15, -0.1) is 0 Å². The normalized spacial score (nSPS) is 9.07. The molecule has 0 amide bonds. The molecule has 0 bridgehead atoms. The fourth-order valence-corrected chi connectivity index (χ4v) is 0.946. The van der Waals surface area contributed by atoms with Gasteiger partial charge in [0.05, 0.1) is 10.5 Å². The lowest BCUT2D eigenvalue weighted by molar-refractivity contribution is -0.384. The van der Waals surface area contributed by atoms with Gasteiger partial charge in [0.2, 0.25) is 6.08 Å². The average molecular weight is 208 g/mol. The van der Waals surface area contributed by atoms with Crippen LogP contribution in [0.4, 0.5) is 11.4 Å². The molecule has 0 aliphatic rings. The third-order valence-corrected chi connectivity index (χ3v) is 1.59. The summed E-state index contributed by atoms with van der Waals surface area (Å²) in [7, 11) is 0. The number of hydrogen-bond donors (Lipinski definition) is 1. The van der Waals surface area contributed by atoms with E-state index >= 15 is 0 Å². The highest BCUT2D eigenvalue weighted by Gasteiger charge is 2.16. The van der Waals surface area contributed by atoms with E-state index < -0.39 is 16.6 Å². The second kappa shape index (κ2) is 4.12. The summed E-state index contributed by atoms with van der Waals surface area (Å²) in [6.45, 7) is 0. The molecule has 0 radical (unpaired) electrons. The molecule has 0 aromatic heterocycles. The van der Waals surface area contributed by atoms with Gasteiger partial charge in [-0.1, -0.05) is 0 Å². The van der Waals surface area contributed by atoms with Crippen molar-refractivity contribution in [3.63, 3.8) is 0 Å². The number of rotatable bonds is 3. The van der Waals surface area contributed by atoms with Gasteiger partial charge < -0.3 is 5.11 Å². The number of isocyanates is 1. The first-order chi connectivity index (χ1) is 7.06. The lowest BCUT2D eigenvalue weighted by Gasteiger charge is -1.97. The van der Waals surface area contributed by atoms with Gasteiger partial charge in [-0.25, -0.2) is 9.59 Å². The number of nitro benzene ring substituents is 1. The van der Waals surface area contributed by atoms with Crippen LogP contribution < -0.4 is 0 Å². The number of aliphatic imine (C=N–C) groups is 1. The van der Waals surface area contributed by atoms with Gasteiger partial charge in [0.1, 0.15) is 0 Å². The summed E-state index contributed by atoms with van der Waals surface area (Å²) in [5, 5.41) is 19.1. The molecule has 1 aromatic rings. The Labute approximate surface area is 82.8 Å². The second-order valence-electron chi connectivity index (χ2n) is 2.47. The lowest BCUT2D eigenvalue weighted by atomic mass is 10.2. The van der Waals surface area contributed by atoms with Gasteiger partial charge in [-0.05, 0) is 12.1 Å². The first-order valence-corrected chi connectivity index (χ1v) is 3.66. The zero-order valence-electron chi connectivity index (χ0n) is 7.21. The molecule has 1 rings (SSSR count). The van der Waals surface area contributed by atoms with Gasteiger partial charge >= 0.3 is 5.97 Å². The summed E-state index contributed by atoms with van der Waals surface area (Å²) in [4.78, 5) is 33.2. The Morgan fingerprint density at radius 1 is 1.53 bits per heavy atom. The minimum absolute atomic E-state index is 0.222. The predicted molar refractivity (Wildman–Crippen MR) is 47.8 cm³/mol. The van der Waals surface area contributed by atoms with Gasteiger partial charge in [0.25, 0.3) is 5.69 Å². The van der Waals surface area contributed by atoms with Crippen LogP contribution in [-0.4, -0.2) is 22.1 Å². The molecular formula is C8H4N2O5. The number of nitrogens with zero attached hydrogens (tertiary/aromatic N) is 2. The van der Waals surface area contributed by atoms with E-state index in [0.29, 0.717) is 0 Å². The van der Waals surface area contributed by atoms with Crippen molar-refractivity contribution in [2.75, 3.05) is 0 Å². The molecule has 15 heavy (non-hydrogen) atoms. The highest BCUT2D eigenvalue weighted by molar-refractivity contribution is 5.89. The number of carboxylic acid groups (broad SMARTS) is 1. The van der Waals surface area contributed by atoms with Crippen molar-refractivity contribution in [3.05, 3.63) is 33.9 Å². The number of carbonyl (C=O) groups is 1. The van der Waals surface area contributed by atoms with Crippen molar-refractivity contribution in [3.8, 4) is 0 Å². The summed E-state index contributed by atoms with van der Waals surface area (Å²) in [5.74, 6) is -1.29. The Balaban J connectivity index is 3.39. The molecule has 7 nitrogen and oxygen atoms in total. The van der Waals surface area contributed by atoms with E-state index in [4.69, 9.17) is 5.11 Å². The van der Waals surface area contributed by atoms with E-state index in [0.717, 1.165) is 24.3 Å². The fraction of sp³-hybridized carbons (Fsp3) is 0. The first-order valence-electron chi connectivity index (χ1n) is 3.66. The second-order valence-corrected chi connectivity index (χ2v) is 2.47. The molecule has 0 aliphatic heterocycles. The number of aromatic carboxylic acids is 1. The van der Waals surface area contributed by atoms with Gasteiger partial charge in [-0.3, -0.25) is 10.1 Å². The SMILES string of the molecule is O=C=Nc1ccc(C(=O)O)cc1[N+](=O)[O-]. The third kappa shape index (κ3) is 2.23. The fourth-order valence-electron chi connectivity index (χ4n) is 0.946. The maximum absolute atomic E-state index is 10.5. The highest BCUT2D eigenvalue weighted by atomic mass is 16.6. The predicted octanol–water partition coefficient (Wildman–Crippen LogP) is 1.26. The van der Waals surface area contributed by atoms with Crippen molar-refractivity contribution < 1.29 is 19.6 Å². The van der Waals surface area contributed by atoms with Crippen LogP contribution in [0.1, 0.15) is 10.4 Å². The van der Waals surface area contributed by atoms with Crippen LogP contribution in [0.3, 0.4) is 0 Å². The van der Waals surface area contributed by atoms with Gasteiger partial charge in [0.15, 0.2) is 5.69 Å². The molecule has 7 heteroatoms. The van der Waals surface area contributed by atoms with E-state index in [1.54, 1.807) is 0 Å². The van der Waals surface area contributed by atoms with Crippen LogP contribution in [0.5, 0.6) is 0 Å². The van der Waals surface area contributed by atoms with Crippen molar-refractivity contribution in [2.24, 2.45) is 4.99 Å². The molecule has 1 aromatic carbocycles. The van der Waals surface area contributed by atoms with Crippen molar-refractivity contribution in [2.45, 2.75) is 0 Å². The quantitative estimate of drug-likeness (QED) is 0.348. The molecule has 1 N–H and O–H groups in total. The molecule has 0 aliphatic carbocycles. The van der Waals surface area contributed by atoms with Crippen LogP contribution in [0.25, 0.3) is 0 Å². The largest absolute Gasteiger partial charge is 0.478 e. The molecule has 0 saturated carbocycles. The van der Waals surface area contributed by atoms with E-state index in [1.165, 1.54) is 0 Å². The molecule has 0 spiro atoms. The lowest BCUT2D eigenvalue weighted by Crippen LogP contribution is -1.98. The zero-order valence-corrected chi connectivity index (χ0v) is 7.21. The summed E-state index contributed by atoms with van der Waals surface area (Å²) in [6, 6.07) is 3.02. The number of benzene rings is 1. The number of hydrogen-bond acceptors (Lipinski definition) is 5. The molecule has 76 valence electrons. The first kappa shape index (κ1) is 10.6. The molecule has 0 unspecified atom stereocenters. The smallest absolute Gasteiger partial charge is 0.335 e. The van der Waals surface area contributed by atoms with Crippen LogP contribution >= 0.6 is 0 Å². The van der Waals surface area contributed by atoms with Crippen molar-refractivity contribution in [1.82, 2.24) is 0 Å². The molecule has 0 fully saturated rings. The number of carboxylic acids is 1. The maximum atomic E-state index is 10.5. The van der Waals surface area contributed by atoms with Crippen LogP contribution in [0.2, 0.25) is 0 Å². The summed E-state index contributed by atoms with van der Waals surface area (Å²) >= 11 is 0. The Hall–Kier alpha value is -2.53. The number of carbonyl (C=O) groups excluding carboxylic acids is 1. The molecule has 0 heterocycles. The maximum Gasteiger partial charge on any atom is 0.335 e. The molecule has 0 saturated heterocycles. The van der Waals surface area contributed by atoms with Gasteiger partial charge in [-0.2, -0.15) is 4.99 Å². The van der Waals surface area contributed by atoms with E-state index in [2.05, 4.69) is 4.99 Å². The van der Waals surface area contributed by atoms with Gasteiger partial charge in [0, 0.05) is 6.07 Å². The Morgan fingerprint density at radius 3 is 2.67 bits per heavy atom. The monoisotopic (exact) mass is 208 g/mol. The van der Waals surface area contributed by atoms with E-state index in [9.17, 15) is 19.7 Å². The molecule has 0 atom stereocenters. The summed E-state index contributed by atoms with van der Waals surface area (Å²) in [5.41, 5.74) is -1.01. The van der Waals surface area contributed by atoms with Crippen molar-refractivity contribution >= 4 is 23.4 Å². The molecular weight excluding hydrogens is 204 g/mol.